The first-order chi connectivity index (χ1) is 13.7. The number of rotatable bonds is 5. The number of amides is 1. The lowest BCUT2D eigenvalue weighted by atomic mass is 9.98. The molecule has 0 N–H and O–H groups in total. The Balaban J connectivity index is 1.46. The summed E-state index contributed by atoms with van der Waals surface area (Å²) in [6, 6.07) is 15.8. The summed E-state index contributed by atoms with van der Waals surface area (Å²) in [7, 11) is 0. The molecule has 2 aliphatic rings. The normalized spacial score (nSPS) is 17.7. The average molecular weight is 377 g/mol. The molecule has 1 fully saturated rings. The molecule has 0 spiro atoms. The maximum absolute atomic E-state index is 12.7. The molecule has 28 heavy (non-hydrogen) atoms. The van der Waals surface area contributed by atoms with Gasteiger partial charge in [-0.05, 0) is 35.1 Å². The van der Waals surface area contributed by atoms with E-state index in [4.69, 9.17) is 9.47 Å². The molecule has 1 unspecified atom stereocenters. The van der Waals surface area contributed by atoms with Crippen LogP contribution in [0.3, 0.4) is 0 Å². The Morgan fingerprint density at radius 1 is 1.04 bits per heavy atom. The van der Waals surface area contributed by atoms with Crippen molar-refractivity contribution in [1.29, 1.82) is 0 Å². The fraction of sp³-hybridized carbons (Fsp3) is 0.304. The molecular formula is C23H23NO4. The highest BCUT2D eigenvalue weighted by atomic mass is 16.6. The second-order valence-corrected chi connectivity index (χ2v) is 7.07. The minimum atomic E-state index is -0.574. The Morgan fingerprint density at radius 3 is 2.32 bits per heavy atom. The Kier molecular flexibility index (Phi) is 5.15. The van der Waals surface area contributed by atoms with Gasteiger partial charge in [-0.1, -0.05) is 61.2 Å². The Bertz CT molecular complexity index is 861. The van der Waals surface area contributed by atoms with E-state index in [-0.39, 0.29) is 19.1 Å². The summed E-state index contributed by atoms with van der Waals surface area (Å²) >= 11 is 0. The first-order valence-corrected chi connectivity index (χ1v) is 9.60. The zero-order valence-corrected chi connectivity index (χ0v) is 15.7. The zero-order valence-electron chi connectivity index (χ0n) is 15.7. The molecular weight excluding hydrogens is 354 g/mol. The van der Waals surface area contributed by atoms with E-state index in [2.05, 4.69) is 30.8 Å². The van der Waals surface area contributed by atoms with Crippen molar-refractivity contribution in [2.45, 2.75) is 24.8 Å². The van der Waals surface area contributed by atoms with Gasteiger partial charge in [0.05, 0.1) is 0 Å². The monoisotopic (exact) mass is 377 g/mol. The molecule has 5 heteroatoms. The lowest BCUT2D eigenvalue weighted by Crippen LogP contribution is -2.42. The second-order valence-electron chi connectivity index (χ2n) is 7.07. The van der Waals surface area contributed by atoms with E-state index in [1.165, 1.54) is 33.2 Å². The van der Waals surface area contributed by atoms with Gasteiger partial charge in [0, 0.05) is 12.5 Å². The number of likely N-dealkylation sites (tertiary alicyclic amines) is 1. The Hall–Kier alpha value is -3.08. The van der Waals surface area contributed by atoms with E-state index < -0.39 is 18.1 Å². The summed E-state index contributed by atoms with van der Waals surface area (Å²) < 4.78 is 10.8. The number of esters is 1. The van der Waals surface area contributed by atoms with Crippen molar-refractivity contribution in [2.24, 2.45) is 0 Å². The van der Waals surface area contributed by atoms with Gasteiger partial charge in [0.25, 0.3) is 0 Å². The third-order valence-electron chi connectivity index (χ3n) is 5.44. The van der Waals surface area contributed by atoms with E-state index in [1.807, 2.05) is 24.3 Å². The van der Waals surface area contributed by atoms with E-state index in [1.54, 1.807) is 0 Å². The number of ether oxygens (including phenoxy) is 2. The van der Waals surface area contributed by atoms with Gasteiger partial charge >= 0.3 is 12.1 Å². The largest absolute Gasteiger partial charge is 0.460 e. The van der Waals surface area contributed by atoms with Crippen LogP contribution in [0.25, 0.3) is 11.1 Å². The number of fused-ring (bicyclic) bond motifs is 3. The smallest absolute Gasteiger partial charge is 0.410 e. The van der Waals surface area contributed by atoms with Crippen molar-refractivity contribution < 1.29 is 19.1 Å². The fourth-order valence-electron chi connectivity index (χ4n) is 4.14. The molecule has 1 saturated heterocycles. The molecule has 4 rings (SSSR count). The summed E-state index contributed by atoms with van der Waals surface area (Å²) in [4.78, 5) is 26.4. The molecule has 1 amide bonds. The van der Waals surface area contributed by atoms with Gasteiger partial charge in [-0.25, -0.2) is 9.59 Å². The van der Waals surface area contributed by atoms with E-state index in [0.29, 0.717) is 13.0 Å². The highest BCUT2D eigenvalue weighted by Gasteiger charge is 2.37. The van der Waals surface area contributed by atoms with Gasteiger partial charge in [-0.2, -0.15) is 0 Å². The molecule has 144 valence electrons. The molecule has 0 aromatic heterocycles. The van der Waals surface area contributed by atoms with Crippen LogP contribution < -0.4 is 0 Å². The molecule has 0 bridgehead atoms. The highest BCUT2D eigenvalue weighted by molar-refractivity contribution is 5.82. The second kappa shape index (κ2) is 7.89. The van der Waals surface area contributed by atoms with E-state index in [9.17, 15) is 9.59 Å². The van der Waals surface area contributed by atoms with Crippen molar-refractivity contribution in [3.8, 4) is 11.1 Å². The summed E-state index contributed by atoms with van der Waals surface area (Å²) in [6.07, 6.45) is 2.42. The number of benzene rings is 2. The Morgan fingerprint density at radius 2 is 1.68 bits per heavy atom. The van der Waals surface area contributed by atoms with Crippen LogP contribution in [-0.2, 0) is 14.3 Å². The topological polar surface area (TPSA) is 55.8 Å². The molecule has 1 aliphatic heterocycles. The van der Waals surface area contributed by atoms with E-state index >= 15 is 0 Å². The van der Waals surface area contributed by atoms with Crippen molar-refractivity contribution in [1.82, 2.24) is 4.90 Å². The third kappa shape index (κ3) is 3.28. The number of carbonyl (C=O) groups excluding carboxylic acids is 2. The predicted octanol–water partition coefficient (Wildman–Crippen LogP) is 4.13. The summed E-state index contributed by atoms with van der Waals surface area (Å²) in [5.41, 5.74) is 4.71. The summed E-state index contributed by atoms with van der Waals surface area (Å²) in [6.45, 7) is 4.44. The van der Waals surface area contributed by atoms with Crippen LogP contribution in [0, 0.1) is 0 Å². The average Bonchev–Trinajstić information content (AvgIpc) is 3.34. The molecule has 5 nitrogen and oxygen atoms in total. The lowest BCUT2D eigenvalue weighted by molar-refractivity contribution is -0.147. The number of hydrogen-bond donors (Lipinski definition) is 0. The Labute approximate surface area is 164 Å². The molecule has 0 saturated carbocycles. The maximum atomic E-state index is 12.7. The van der Waals surface area contributed by atoms with Crippen molar-refractivity contribution >= 4 is 12.1 Å². The molecule has 0 radical (unpaired) electrons. The van der Waals surface area contributed by atoms with Crippen molar-refractivity contribution in [2.75, 3.05) is 19.8 Å². The van der Waals surface area contributed by atoms with Crippen LogP contribution in [0.1, 0.15) is 29.9 Å². The summed E-state index contributed by atoms with van der Waals surface area (Å²) in [5, 5.41) is 0. The number of carbonyl (C=O) groups is 2. The van der Waals surface area contributed by atoms with Gasteiger partial charge in [0.1, 0.15) is 19.3 Å². The van der Waals surface area contributed by atoms with Gasteiger partial charge in [-0.3, -0.25) is 4.90 Å². The standard InChI is InChI=1S/C23H23NO4/c1-2-14-27-22(25)21-12-7-13-24(21)23(26)28-15-20-18-10-5-3-8-16(18)17-9-4-6-11-19(17)20/h2-6,8-11,20-21H,1,7,12-15H2. The molecule has 1 heterocycles. The van der Waals surface area contributed by atoms with Crippen molar-refractivity contribution in [3.05, 3.63) is 72.3 Å². The van der Waals surface area contributed by atoms with Crippen LogP contribution in [0.2, 0.25) is 0 Å². The lowest BCUT2D eigenvalue weighted by Gasteiger charge is -2.23. The van der Waals surface area contributed by atoms with E-state index in [0.717, 1.165) is 6.42 Å². The van der Waals surface area contributed by atoms with Gasteiger partial charge in [0.15, 0.2) is 0 Å². The van der Waals surface area contributed by atoms with Crippen molar-refractivity contribution in [3.63, 3.8) is 0 Å². The fourth-order valence-corrected chi connectivity index (χ4v) is 4.14. The summed E-state index contributed by atoms with van der Waals surface area (Å²) in [5.74, 6) is -0.393. The first kappa shape index (κ1) is 18.3. The minimum Gasteiger partial charge on any atom is -0.460 e. The molecule has 2 aromatic rings. The van der Waals surface area contributed by atoms with Gasteiger partial charge in [0.2, 0.25) is 0 Å². The van der Waals surface area contributed by atoms with Crippen LogP contribution in [0.4, 0.5) is 4.79 Å². The highest BCUT2D eigenvalue weighted by Crippen LogP contribution is 2.44. The van der Waals surface area contributed by atoms with Gasteiger partial charge in [-0.15, -0.1) is 0 Å². The first-order valence-electron chi connectivity index (χ1n) is 9.60. The number of nitrogens with zero attached hydrogens (tertiary/aromatic N) is 1. The molecule has 1 atom stereocenters. The zero-order chi connectivity index (χ0) is 19.5. The van der Waals surface area contributed by atoms with Crippen LogP contribution in [-0.4, -0.2) is 42.8 Å². The predicted molar refractivity (Wildman–Crippen MR) is 106 cm³/mol. The van der Waals surface area contributed by atoms with Gasteiger partial charge < -0.3 is 9.47 Å². The third-order valence-corrected chi connectivity index (χ3v) is 5.44. The van der Waals surface area contributed by atoms with Crippen LogP contribution >= 0.6 is 0 Å². The quantitative estimate of drug-likeness (QED) is 0.581. The van der Waals surface area contributed by atoms with Crippen LogP contribution in [0.5, 0.6) is 0 Å². The molecule has 2 aromatic carbocycles. The maximum Gasteiger partial charge on any atom is 0.410 e. The van der Waals surface area contributed by atoms with Crippen LogP contribution in [0.15, 0.2) is 61.2 Å². The SMILES string of the molecule is C=CCOC(=O)C1CCCN1C(=O)OCC1c2ccccc2-c2ccccc21. The molecule has 1 aliphatic carbocycles. The minimum absolute atomic E-state index is 0.00474. The number of hydrogen-bond acceptors (Lipinski definition) is 4.